The smallest absolute Gasteiger partial charge is 0.227 e. The van der Waals surface area contributed by atoms with Gasteiger partial charge in [0, 0.05) is 12.8 Å². The van der Waals surface area contributed by atoms with Gasteiger partial charge in [-0.15, -0.1) is 0 Å². The number of imide groups is 1. The minimum Gasteiger partial charge on any atom is -0.296 e. The lowest BCUT2D eigenvalue weighted by Gasteiger charge is -2.46. The molecule has 2 aliphatic carbocycles. The van der Waals surface area contributed by atoms with Crippen LogP contribution < -0.4 is 5.32 Å². The number of rotatable bonds is 0. The van der Waals surface area contributed by atoms with Crippen molar-refractivity contribution in [3.8, 4) is 0 Å². The molecule has 1 N–H and O–H groups in total. The van der Waals surface area contributed by atoms with Gasteiger partial charge in [-0.05, 0) is 49.4 Å². The van der Waals surface area contributed by atoms with Crippen molar-refractivity contribution in [3.05, 3.63) is 0 Å². The summed E-state index contributed by atoms with van der Waals surface area (Å²) in [5.41, 5.74) is 0.607. The maximum absolute atomic E-state index is 11.5. The molecule has 3 aliphatic rings. The maximum Gasteiger partial charge on any atom is 0.227 e. The first-order valence-electron chi connectivity index (χ1n) is 6.94. The van der Waals surface area contributed by atoms with E-state index in [-0.39, 0.29) is 17.2 Å². The number of carbonyl (C=O) groups excluding carboxylic acids is 2. The number of piperidine rings is 1. The van der Waals surface area contributed by atoms with Crippen LogP contribution in [-0.4, -0.2) is 11.8 Å². The molecule has 0 radical (unpaired) electrons. The number of hydrogen-bond donors (Lipinski definition) is 1. The summed E-state index contributed by atoms with van der Waals surface area (Å²) in [6.45, 7) is 0. The van der Waals surface area contributed by atoms with Gasteiger partial charge in [-0.25, -0.2) is 0 Å². The van der Waals surface area contributed by atoms with E-state index in [1.165, 1.54) is 38.5 Å². The zero-order valence-electron chi connectivity index (χ0n) is 10.4. The fourth-order valence-electron chi connectivity index (χ4n) is 4.28. The highest BCUT2D eigenvalue weighted by atomic mass is 16.2. The van der Waals surface area contributed by atoms with E-state index >= 15 is 0 Å². The van der Waals surface area contributed by atoms with Gasteiger partial charge in [0.05, 0.1) is 0 Å². The van der Waals surface area contributed by atoms with E-state index in [9.17, 15) is 9.59 Å². The average molecular weight is 235 g/mol. The molecule has 2 saturated carbocycles. The molecule has 3 fully saturated rings. The lowest BCUT2D eigenvalue weighted by Crippen LogP contribution is -2.47. The molecular formula is C14H21NO2. The molecule has 0 aromatic heterocycles. The van der Waals surface area contributed by atoms with Gasteiger partial charge >= 0.3 is 0 Å². The summed E-state index contributed by atoms with van der Waals surface area (Å²) in [5, 5.41) is 2.43. The largest absolute Gasteiger partial charge is 0.296 e. The summed E-state index contributed by atoms with van der Waals surface area (Å²) in [6, 6.07) is 0. The van der Waals surface area contributed by atoms with Crippen LogP contribution >= 0.6 is 0 Å². The average Bonchev–Trinajstić information content (AvgIpc) is 2.71. The fourth-order valence-corrected chi connectivity index (χ4v) is 4.28. The van der Waals surface area contributed by atoms with Gasteiger partial charge in [-0.3, -0.25) is 14.9 Å². The first kappa shape index (κ1) is 11.2. The van der Waals surface area contributed by atoms with Gasteiger partial charge < -0.3 is 0 Å². The molecule has 3 heteroatoms. The molecule has 0 bridgehead atoms. The van der Waals surface area contributed by atoms with Crippen molar-refractivity contribution in [2.75, 3.05) is 0 Å². The second kappa shape index (κ2) is 3.82. The highest BCUT2D eigenvalue weighted by Crippen LogP contribution is 2.56. The Morgan fingerprint density at radius 2 is 1.18 bits per heavy atom. The molecule has 1 saturated heterocycles. The van der Waals surface area contributed by atoms with E-state index in [1.54, 1.807) is 0 Å². The number of amides is 2. The lowest BCUT2D eigenvalue weighted by molar-refractivity contribution is -0.140. The molecule has 1 heterocycles. The molecule has 0 aromatic rings. The van der Waals surface area contributed by atoms with Crippen LogP contribution in [0.4, 0.5) is 0 Å². The zero-order chi connectivity index (χ0) is 11.9. The second-order valence-corrected chi connectivity index (χ2v) is 6.53. The van der Waals surface area contributed by atoms with E-state index in [0.29, 0.717) is 18.3 Å². The van der Waals surface area contributed by atoms with Gasteiger partial charge in [-0.2, -0.15) is 0 Å². The normalized spacial score (nSPS) is 30.8. The van der Waals surface area contributed by atoms with Crippen LogP contribution in [0.3, 0.4) is 0 Å². The first-order chi connectivity index (χ1) is 8.12. The van der Waals surface area contributed by atoms with Crippen molar-refractivity contribution < 1.29 is 9.59 Å². The molecule has 17 heavy (non-hydrogen) atoms. The highest BCUT2D eigenvalue weighted by Gasteiger charge is 2.47. The van der Waals surface area contributed by atoms with Crippen molar-refractivity contribution >= 4 is 11.8 Å². The summed E-state index contributed by atoms with van der Waals surface area (Å²) in [6.07, 6.45) is 11.3. The van der Waals surface area contributed by atoms with Crippen molar-refractivity contribution in [3.63, 3.8) is 0 Å². The molecule has 94 valence electrons. The van der Waals surface area contributed by atoms with Crippen LogP contribution in [0.15, 0.2) is 0 Å². The lowest BCUT2D eigenvalue weighted by atomic mass is 9.60. The Kier molecular flexibility index (Phi) is 2.53. The molecule has 3 nitrogen and oxygen atoms in total. The Hall–Kier alpha value is -0.860. The maximum atomic E-state index is 11.5. The van der Waals surface area contributed by atoms with Crippen molar-refractivity contribution in [1.29, 1.82) is 0 Å². The van der Waals surface area contributed by atoms with Crippen LogP contribution in [0.25, 0.3) is 0 Å². The number of hydrogen-bond acceptors (Lipinski definition) is 2. The van der Waals surface area contributed by atoms with Gasteiger partial charge in [0.25, 0.3) is 0 Å². The fraction of sp³-hybridized carbons (Fsp3) is 0.857. The Morgan fingerprint density at radius 3 is 1.71 bits per heavy atom. The van der Waals surface area contributed by atoms with Crippen LogP contribution in [0, 0.1) is 10.8 Å². The van der Waals surface area contributed by atoms with E-state index in [2.05, 4.69) is 5.32 Å². The summed E-state index contributed by atoms with van der Waals surface area (Å²) < 4.78 is 0. The standard InChI is InChI=1S/C14H21NO2/c16-11-9-14(10-12(17)15-11)7-5-13(6-8-14)3-1-2-4-13/h1-10H2,(H,15,16,17). The van der Waals surface area contributed by atoms with E-state index < -0.39 is 0 Å². The van der Waals surface area contributed by atoms with E-state index in [4.69, 9.17) is 0 Å². The number of nitrogens with one attached hydrogen (secondary N) is 1. The third-order valence-electron chi connectivity index (χ3n) is 5.39. The molecule has 0 atom stereocenters. The quantitative estimate of drug-likeness (QED) is 0.656. The Balaban J connectivity index is 1.70. The summed E-state index contributed by atoms with van der Waals surface area (Å²) in [5.74, 6) is -0.104. The van der Waals surface area contributed by atoms with Crippen molar-refractivity contribution in [2.45, 2.75) is 64.2 Å². The van der Waals surface area contributed by atoms with E-state index in [0.717, 1.165) is 12.8 Å². The topological polar surface area (TPSA) is 46.2 Å². The van der Waals surface area contributed by atoms with Crippen LogP contribution in [0.2, 0.25) is 0 Å². The second-order valence-electron chi connectivity index (χ2n) is 6.53. The predicted molar refractivity (Wildman–Crippen MR) is 64.2 cm³/mol. The first-order valence-corrected chi connectivity index (χ1v) is 6.94. The SMILES string of the molecule is O=C1CC2(CCC3(CCCC3)CC2)CC(=O)N1. The molecule has 2 amide bonds. The number of carbonyl (C=O) groups is 2. The minimum atomic E-state index is -0.0522. The Labute approximate surface area is 102 Å². The predicted octanol–water partition coefficient (Wildman–Crippen LogP) is 2.54. The van der Waals surface area contributed by atoms with Gasteiger partial charge in [0.15, 0.2) is 0 Å². The summed E-state index contributed by atoms with van der Waals surface area (Å²) in [4.78, 5) is 23.1. The Bertz CT molecular complexity index is 327. The van der Waals surface area contributed by atoms with Crippen molar-refractivity contribution in [1.82, 2.24) is 5.32 Å². The zero-order valence-corrected chi connectivity index (χ0v) is 10.4. The van der Waals surface area contributed by atoms with Crippen LogP contribution in [0.1, 0.15) is 64.2 Å². The molecule has 1 aliphatic heterocycles. The molecule has 0 aromatic carbocycles. The molecule has 3 rings (SSSR count). The van der Waals surface area contributed by atoms with Crippen LogP contribution in [0.5, 0.6) is 0 Å². The minimum absolute atomic E-state index is 0.0211. The molecule has 0 unspecified atom stereocenters. The van der Waals surface area contributed by atoms with E-state index in [1.807, 2.05) is 0 Å². The Morgan fingerprint density at radius 1 is 0.706 bits per heavy atom. The van der Waals surface area contributed by atoms with Gasteiger partial charge in [0.2, 0.25) is 11.8 Å². The summed E-state index contributed by atoms with van der Waals surface area (Å²) >= 11 is 0. The molecular weight excluding hydrogens is 214 g/mol. The van der Waals surface area contributed by atoms with Gasteiger partial charge in [-0.1, -0.05) is 12.8 Å². The van der Waals surface area contributed by atoms with Crippen molar-refractivity contribution in [2.24, 2.45) is 10.8 Å². The molecule has 2 spiro atoms. The third kappa shape index (κ3) is 2.00. The third-order valence-corrected chi connectivity index (χ3v) is 5.39. The monoisotopic (exact) mass is 235 g/mol. The van der Waals surface area contributed by atoms with Crippen LogP contribution in [-0.2, 0) is 9.59 Å². The van der Waals surface area contributed by atoms with Gasteiger partial charge in [0.1, 0.15) is 0 Å². The highest BCUT2D eigenvalue weighted by molar-refractivity contribution is 5.98. The summed E-state index contributed by atoms with van der Waals surface area (Å²) in [7, 11) is 0.